The Hall–Kier alpha value is -2.87. The summed E-state index contributed by atoms with van der Waals surface area (Å²) in [7, 11) is 0. The predicted molar refractivity (Wildman–Crippen MR) is 94.9 cm³/mol. The van der Waals surface area contributed by atoms with Gasteiger partial charge >= 0.3 is 0 Å². The Morgan fingerprint density at radius 1 is 1.36 bits per heavy atom. The second kappa shape index (κ2) is 6.21. The fourth-order valence-electron chi connectivity index (χ4n) is 2.43. The third-order valence-corrected chi connectivity index (χ3v) is 5.13. The van der Waals surface area contributed by atoms with Crippen LogP contribution in [-0.2, 0) is 16.0 Å². The van der Waals surface area contributed by atoms with Crippen LogP contribution in [0.4, 0.5) is 10.7 Å². The van der Waals surface area contributed by atoms with Gasteiger partial charge in [0.05, 0.1) is 11.3 Å². The molecule has 0 radical (unpaired) electrons. The lowest BCUT2D eigenvalue weighted by atomic mass is 10.0. The fourth-order valence-corrected chi connectivity index (χ4v) is 3.43. The number of fused-ring (bicyclic) bond motifs is 1. The second-order valence-corrected chi connectivity index (χ2v) is 6.85. The van der Waals surface area contributed by atoms with Gasteiger partial charge in [0.15, 0.2) is 0 Å². The van der Waals surface area contributed by atoms with Gasteiger partial charge in [-0.1, -0.05) is 19.1 Å². The Morgan fingerprint density at radius 3 is 2.76 bits per heavy atom. The SMILES string of the molecule is CCc1cc(C(N)=O)c(NC(=O)C2(C)Oc3ccccc3NC2=O)s1. The van der Waals surface area contributed by atoms with Crippen molar-refractivity contribution >= 4 is 39.7 Å². The Labute approximate surface area is 148 Å². The molecule has 0 saturated carbocycles. The highest BCUT2D eigenvalue weighted by atomic mass is 32.1. The first-order valence-electron chi connectivity index (χ1n) is 7.68. The van der Waals surface area contributed by atoms with E-state index in [-0.39, 0.29) is 5.56 Å². The molecule has 0 aliphatic carbocycles. The molecule has 1 aromatic carbocycles. The minimum Gasteiger partial charge on any atom is -0.466 e. The van der Waals surface area contributed by atoms with Crippen LogP contribution in [0.3, 0.4) is 0 Å². The average molecular weight is 359 g/mol. The number of hydrogen-bond acceptors (Lipinski definition) is 5. The van der Waals surface area contributed by atoms with Crippen LogP contribution in [-0.4, -0.2) is 23.3 Å². The van der Waals surface area contributed by atoms with Gasteiger partial charge in [-0.2, -0.15) is 0 Å². The maximum Gasteiger partial charge on any atom is 0.278 e. The number of anilines is 2. The van der Waals surface area contributed by atoms with E-state index in [1.165, 1.54) is 18.3 Å². The van der Waals surface area contributed by atoms with Crippen molar-refractivity contribution in [1.29, 1.82) is 0 Å². The Morgan fingerprint density at radius 2 is 2.08 bits per heavy atom. The molecule has 0 bridgehead atoms. The van der Waals surface area contributed by atoms with E-state index in [0.29, 0.717) is 22.9 Å². The molecular weight excluding hydrogens is 342 g/mol. The molecule has 25 heavy (non-hydrogen) atoms. The lowest BCUT2D eigenvalue weighted by Crippen LogP contribution is -2.56. The summed E-state index contributed by atoms with van der Waals surface area (Å²) >= 11 is 1.25. The molecule has 7 nitrogen and oxygen atoms in total. The van der Waals surface area contributed by atoms with Crippen molar-refractivity contribution in [2.24, 2.45) is 5.73 Å². The number of carbonyl (C=O) groups is 3. The number of ether oxygens (including phenoxy) is 1. The van der Waals surface area contributed by atoms with Crippen molar-refractivity contribution in [2.75, 3.05) is 10.6 Å². The first-order chi connectivity index (χ1) is 11.8. The third-order valence-electron chi connectivity index (χ3n) is 3.94. The van der Waals surface area contributed by atoms with E-state index >= 15 is 0 Å². The maximum atomic E-state index is 12.7. The van der Waals surface area contributed by atoms with Crippen LogP contribution < -0.4 is 21.1 Å². The van der Waals surface area contributed by atoms with E-state index in [1.807, 2.05) is 6.92 Å². The third kappa shape index (κ3) is 2.96. The van der Waals surface area contributed by atoms with Crippen molar-refractivity contribution in [3.63, 3.8) is 0 Å². The van der Waals surface area contributed by atoms with Gasteiger partial charge in [0.25, 0.3) is 23.3 Å². The number of nitrogens with one attached hydrogen (secondary N) is 2. The number of nitrogens with two attached hydrogens (primary N) is 1. The number of aryl methyl sites for hydroxylation is 1. The van der Waals surface area contributed by atoms with E-state index in [9.17, 15) is 14.4 Å². The highest BCUT2D eigenvalue weighted by Gasteiger charge is 2.47. The normalized spacial score (nSPS) is 18.7. The Kier molecular flexibility index (Phi) is 4.22. The maximum absolute atomic E-state index is 12.7. The van der Waals surface area contributed by atoms with Gasteiger partial charge in [0.2, 0.25) is 0 Å². The summed E-state index contributed by atoms with van der Waals surface area (Å²) in [5, 5.41) is 5.58. The standard InChI is InChI=1S/C17H17N3O4S/c1-3-9-8-10(13(18)21)14(25-9)20-16(23)17(2)15(22)19-11-6-4-5-7-12(11)24-17/h4-8H,3H2,1-2H3,(H2,18,21)(H,19,22)(H,20,23). The van der Waals surface area contributed by atoms with Gasteiger partial charge in [0, 0.05) is 4.88 Å². The van der Waals surface area contributed by atoms with Crippen molar-refractivity contribution in [2.45, 2.75) is 25.9 Å². The average Bonchev–Trinajstić information content (AvgIpc) is 2.99. The first kappa shape index (κ1) is 17.0. The number of rotatable bonds is 4. The lowest BCUT2D eigenvalue weighted by Gasteiger charge is -2.33. The van der Waals surface area contributed by atoms with Gasteiger partial charge in [-0.05, 0) is 31.5 Å². The van der Waals surface area contributed by atoms with Crippen LogP contribution >= 0.6 is 11.3 Å². The summed E-state index contributed by atoms with van der Waals surface area (Å²) in [6.07, 6.45) is 0.697. The van der Waals surface area contributed by atoms with Crippen molar-refractivity contribution in [3.05, 3.63) is 40.8 Å². The predicted octanol–water partition coefficient (Wildman–Crippen LogP) is 2.14. The van der Waals surface area contributed by atoms with Crippen LogP contribution in [0.25, 0.3) is 0 Å². The lowest BCUT2D eigenvalue weighted by molar-refractivity contribution is -0.143. The zero-order valence-corrected chi connectivity index (χ0v) is 14.5. The van der Waals surface area contributed by atoms with Crippen molar-refractivity contribution < 1.29 is 19.1 Å². The van der Waals surface area contributed by atoms with Crippen molar-refractivity contribution in [3.8, 4) is 5.75 Å². The van der Waals surface area contributed by atoms with Gasteiger partial charge in [0.1, 0.15) is 10.8 Å². The smallest absolute Gasteiger partial charge is 0.278 e. The molecule has 1 atom stereocenters. The summed E-state index contributed by atoms with van der Waals surface area (Å²) in [4.78, 5) is 37.6. The molecule has 1 aromatic heterocycles. The second-order valence-electron chi connectivity index (χ2n) is 5.71. The molecule has 4 N–H and O–H groups in total. The highest BCUT2D eigenvalue weighted by molar-refractivity contribution is 7.16. The molecule has 8 heteroatoms. The summed E-state index contributed by atoms with van der Waals surface area (Å²) < 4.78 is 5.66. The van der Waals surface area contributed by atoms with Crippen LogP contribution in [0.2, 0.25) is 0 Å². The number of amides is 3. The molecule has 2 aromatic rings. The van der Waals surface area contributed by atoms with Crippen LogP contribution in [0.15, 0.2) is 30.3 Å². The molecule has 1 aliphatic heterocycles. The Bertz CT molecular complexity index is 877. The number of carbonyl (C=O) groups excluding carboxylic acids is 3. The molecule has 3 rings (SSSR count). The molecular formula is C17H17N3O4S. The fraction of sp³-hybridized carbons (Fsp3) is 0.235. The molecule has 2 heterocycles. The largest absolute Gasteiger partial charge is 0.466 e. The van der Waals surface area contributed by atoms with Gasteiger partial charge < -0.3 is 21.1 Å². The van der Waals surface area contributed by atoms with E-state index in [1.54, 1.807) is 30.3 Å². The highest BCUT2D eigenvalue weighted by Crippen LogP contribution is 2.35. The molecule has 0 spiro atoms. The number of hydrogen-bond donors (Lipinski definition) is 3. The van der Waals surface area contributed by atoms with E-state index in [4.69, 9.17) is 10.5 Å². The number of primary amides is 1. The molecule has 130 valence electrons. The van der Waals surface area contributed by atoms with Crippen LogP contribution in [0.1, 0.15) is 29.1 Å². The number of benzene rings is 1. The van der Waals surface area contributed by atoms with E-state index in [2.05, 4.69) is 10.6 Å². The zero-order chi connectivity index (χ0) is 18.2. The van der Waals surface area contributed by atoms with E-state index in [0.717, 1.165) is 4.88 Å². The Balaban J connectivity index is 1.90. The first-order valence-corrected chi connectivity index (χ1v) is 8.50. The van der Waals surface area contributed by atoms with Crippen molar-refractivity contribution in [1.82, 2.24) is 0 Å². The summed E-state index contributed by atoms with van der Waals surface area (Å²) in [6, 6.07) is 8.48. The molecule has 1 unspecified atom stereocenters. The minimum absolute atomic E-state index is 0.218. The number of para-hydroxylation sites is 2. The number of thiophene rings is 1. The monoisotopic (exact) mass is 359 g/mol. The molecule has 0 saturated heterocycles. The summed E-state index contributed by atoms with van der Waals surface area (Å²) in [5.41, 5.74) is 4.32. The zero-order valence-electron chi connectivity index (χ0n) is 13.7. The molecule has 0 fully saturated rings. The quantitative estimate of drug-likeness (QED) is 0.726. The topological polar surface area (TPSA) is 111 Å². The molecule has 3 amide bonds. The van der Waals surface area contributed by atoms with Crippen LogP contribution in [0, 0.1) is 0 Å². The summed E-state index contributed by atoms with van der Waals surface area (Å²) in [6.45, 7) is 3.31. The van der Waals surface area contributed by atoms with Gasteiger partial charge in [-0.25, -0.2) is 0 Å². The van der Waals surface area contributed by atoms with E-state index < -0.39 is 23.3 Å². The van der Waals surface area contributed by atoms with Crippen LogP contribution in [0.5, 0.6) is 5.75 Å². The van der Waals surface area contributed by atoms with Gasteiger partial charge in [-0.3, -0.25) is 14.4 Å². The molecule has 1 aliphatic rings. The minimum atomic E-state index is -1.76. The van der Waals surface area contributed by atoms with Gasteiger partial charge in [-0.15, -0.1) is 11.3 Å². The summed E-state index contributed by atoms with van der Waals surface area (Å²) in [5.74, 6) is -1.51.